The summed E-state index contributed by atoms with van der Waals surface area (Å²) in [5.74, 6) is 0.648. The number of carbonyl (C=O) groups is 2. The predicted octanol–water partition coefficient (Wildman–Crippen LogP) is 5.35. The van der Waals surface area contributed by atoms with E-state index in [9.17, 15) is 9.59 Å². The summed E-state index contributed by atoms with van der Waals surface area (Å²) >= 11 is 0. The third kappa shape index (κ3) is 7.99. The fourth-order valence-electron chi connectivity index (χ4n) is 3.89. The fraction of sp³-hybridized carbons (Fsp3) is 0.333. The SMILES string of the molecule is CC(C)NC(=O)[C@@H](Cc1ccccc1)N(Cc1ccccc1)C(=O)COc1ccc(C(C)C)cc1. The van der Waals surface area contributed by atoms with E-state index >= 15 is 0 Å². The van der Waals surface area contributed by atoms with Gasteiger partial charge in [-0.3, -0.25) is 9.59 Å². The molecule has 2 amide bonds. The minimum atomic E-state index is -0.667. The summed E-state index contributed by atoms with van der Waals surface area (Å²) in [4.78, 5) is 28.5. The third-order valence-electron chi connectivity index (χ3n) is 5.81. The van der Waals surface area contributed by atoms with E-state index in [2.05, 4.69) is 19.2 Å². The van der Waals surface area contributed by atoms with E-state index in [0.29, 0.717) is 24.6 Å². The summed E-state index contributed by atoms with van der Waals surface area (Å²) in [5.41, 5.74) is 3.16. The number of ether oxygens (including phenoxy) is 1. The summed E-state index contributed by atoms with van der Waals surface area (Å²) < 4.78 is 5.86. The minimum absolute atomic E-state index is 0.0369. The van der Waals surface area contributed by atoms with Crippen LogP contribution in [0.1, 0.15) is 50.3 Å². The van der Waals surface area contributed by atoms with Crippen molar-refractivity contribution >= 4 is 11.8 Å². The van der Waals surface area contributed by atoms with Crippen LogP contribution in [0.25, 0.3) is 0 Å². The van der Waals surface area contributed by atoms with Crippen molar-refractivity contribution in [3.05, 3.63) is 102 Å². The monoisotopic (exact) mass is 472 g/mol. The van der Waals surface area contributed by atoms with Gasteiger partial charge in [0.05, 0.1) is 0 Å². The minimum Gasteiger partial charge on any atom is -0.484 e. The van der Waals surface area contributed by atoms with Crippen molar-refractivity contribution in [2.75, 3.05) is 6.61 Å². The summed E-state index contributed by atoms with van der Waals surface area (Å²) in [6.45, 7) is 8.29. The average Bonchev–Trinajstić information content (AvgIpc) is 2.85. The Morgan fingerprint density at radius 1 is 0.800 bits per heavy atom. The molecule has 5 nitrogen and oxygen atoms in total. The highest BCUT2D eigenvalue weighted by atomic mass is 16.5. The molecule has 0 aliphatic rings. The summed E-state index contributed by atoms with van der Waals surface area (Å²) in [5, 5.41) is 3.00. The Bertz CT molecular complexity index is 1060. The van der Waals surface area contributed by atoms with Gasteiger partial charge < -0.3 is 15.0 Å². The van der Waals surface area contributed by atoms with Gasteiger partial charge in [-0.25, -0.2) is 0 Å². The zero-order valence-corrected chi connectivity index (χ0v) is 21.1. The number of carbonyl (C=O) groups excluding carboxylic acids is 2. The Labute approximate surface area is 209 Å². The van der Waals surface area contributed by atoms with Gasteiger partial charge in [-0.1, -0.05) is 86.6 Å². The topological polar surface area (TPSA) is 58.6 Å². The molecule has 0 fully saturated rings. The van der Waals surface area contributed by atoms with Crippen molar-refractivity contribution in [2.45, 2.75) is 58.7 Å². The van der Waals surface area contributed by atoms with Gasteiger partial charge in [0.1, 0.15) is 11.8 Å². The normalized spacial score (nSPS) is 11.8. The quantitative estimate of drug-likeness (QED) is 0.409. The van der Waals surface area contributed by atoms with Gasteiger partial charge in [0.15, 0.2) is 6.61 Å². The van der Waals surface area contributed by atoms with Crippen LogP contribution >= 0.6 is 0 Å². The van der Waals surface area contributed by atoms with Crippen molar-refractivity contribution in [2.24, 2.45) is 0 Å². The molecule has 0 radical (unpaired) electrons. The molecule has 35 heavy (non-hydrogen) atoms. The van der Waals surface area contributed by atoms with Crippen LogP contribution in [0.15, 0.2) is 84.9 Å². The lowest BCUT2D eigenvalue weighted by molar-refractivity contribution is -0.143. The van der Waals surface area contributed by atoms with Crippen LogP contribution in [0, 0.1) is 0 Å². The number of nitrogens with one attached hydrogen (secondary N) is 1. The molecule has 184 valence electrons. The molecule has 0 heterocycles. The van der Waals surface area contributed by atoms with Gasteiger partial charge in [0, 0.05) is 19.0 Å². The zero-order valence-electron chi connectivity index (χ0n) is 21.1. The molecule has 0 bridgehead atoms. The van der Waals surface area contributed by atoms with Crippen LogP contribution in [0.2, 0.25) is 0 Å². The van der Waals surface area contributed by atoms with Gasteiger partial charge in [0.25, 0.3) is 5.91 Å². The number of benzene rings is 3. The Balaban J connectivity index is 1.85. The molecular weight excluding hydrogens is 436 g/mol. The molecular formula is C30H36N2O3. The highest BCUT2D eigenvalue weighted by Gasteiger charge is 2.31. The molecule has 0 aromatic heterocycles. The zero-order chi connectivity index (χ0) is 25.2. The van der Waals surface area contributed by atoms with Crippen molar-refractivity contribution in [1.29, 1.82) is 0 Å². The van der Waals surface area contributed by atoms with Gasteiger partial charge >= 0.3 is 0 Å². The highest BCUT2D eigenvalue weighted by molar-refractivity contribution is 5.88. The van der Waals surface area contributed by atoms with Crippen molar-refractivity contribution in [3.8, 4) is 5.75 Å². The second-order valence-electron chi connectivity index (χ2n) is 9.39. The van der Waals surface area contributed by atoms with Crippen molar-refractivity contribution in [3.63, 3.8) is 0 Å². The maximum atomic E-state index is 13.5. The van der Waals surface area contributed by atoms with Crippen molar-refractivity contribution in [1.82, 2.24) is 10.2 Å². The van der Waals surface area contributed by atoms with Gasteiger partial charge in [-0.15, -0.1) is 0 Å². The van der Waals surface area contributed by atoms with Gasteiger partial charge in [-0.2, -0.15) is 0 Å². The van der Waals surface area contributed by atoms with E-state index in [1.165, 1.54) is 5.56 Å². The molecule has 0 spiro atoms. The second kappa shape index (κ2) is 12.7. The van der Waals surface area contributed by atoms with Crippen LogP contribution < -0.4 is 10.1 Å². The van der Waals surface area contributed by atoms with Gasteiger partial charge in [0.2, 0.25) is 5.91 Å². The highest BCUT2D eigenvalue weighted by Crippen LogP contribution is 2.20. The van der Waals surface area contributed by atoms with E-state index < -0.39 is 6.04 Å². The number of hydrogen-bond donors (Lipinski definition) is 1. The Morgan fingerprint density at radius 3 is 1.91 bits per heavy atom. The molecule has 0 aliphatic carbocycles. The van der Waals surface area contributed by atoms with Crippen molar-refractivity contribution < 1.29 is 14.3 Å². The Kier molecular flexibility index (Phi) is 9.47. The van der Waals surface area contributed by atoms with Crippen LogP contribution in [0.5, 0.6) is 5.75 Å². The van der Waals surface area contributed by atoms with E-state index in [0.717, 1.165) is 11.1 Å². The first kappa shape index (κ1) is 26.0. The van der Waals surface area contributed by atoms with Crippen LogP contribution in [0.3, 0.4) is 0 Å². The second-order valence-corrected chi connectivity index (χ2v) is 9.39. The predicted molar refractivity (Wildman–Crippen MR) is 140 cm³/mol. The first-order valence-electron chi connectivity index (χ1n) is 12.2. The molecule has 5 heteroatoms. The number of amides is 2. The van der Waals surface area contributed by atoms with E-state index in [-0.39, 0.29) is 24.5 Å². The fourth-order valence-corrected chi connectivity index (χ4v) is 3.89. The molecule has 3 rings (SSSR count). The number of nitrogens with zero attached hydrogens (tertiary/aromatic N) is 1. The summed E-state index contributed by atoms with van der Waals surface area (Å²) in [7, 11) is 0. The van der Waals surface area contributed by atoms with Gasteiger partial charge in [-0.05, 0) is 48.6 Å². The molecule has 1 N–H and O–H groups in total. The van der Waals surface area contributed by atoms with E-state index in [1.54, 1.807) is 4.90 Å². The molecule has 0 saturated heterocycles. The first-order valence-corrected chi connectivity index (χ1v) is 12.2. The number of hydrogen-bond acceptors (Lipinski definition) is 3. The molecule has 3 aromatic rings. The number of rotatable bonds is 11. The third-order valence-corrected chi connectivity index (χ3v) is 5.81. The van der Waals surface area contributed by atoms with Crippen LogP contribution in [-0.2, 0) is 22.6 Å². The lowest BCUT2D eigenvalue weighted by Gasteiger charge is -2.32. The van der Waals surface area contributed by atoms with Crippen LogP contribution in [0.4, 0.5) is 0 Å². The molecule has 0 saturated carbocycles. The lowest BCUT2D eigenvalue weighted by Crippen LogP contribution is -2.52. The molecule has 0 aliphatic heterocycles. The largest absolute Gasteiger partial charge is 0.484 e. The lowest BCUT2D eigenvalue weighted by atomic mass is 10.0. The van der Waals surface area contributed by atoms with Crippen LogP contribution in [-0.4, -0.2) is 35.4 Å². The Morgan fingerprint density at radius 2 is 1.37 bits per heavy atom. The summed E-state index contributed by atoms with van der Waals surface area (Å²) in [6, 6.07) is 26.6. The summed E-state index contributed by atoms with van der Waals surface area (Å²) in [6.07, 6.45) is 0.418. The maximum Gasteiger partial charge on any atom is 0.261 e. The average molecular weight is 473 g/mol. The van der Waals surface area contributed by atoms with E-state index in [4.69, 9.17) is 4.74 Å². The first-order chi connectivity index (χ1) is 16.8. The van der Waals surface area contributed by atoms with E-state index in [1.807, 2.05) is 98.8 Å². The maximum absolute atomic E-state index is 13.5. The molecule has 3 aromatic carbocycles. The smallest absolute Gasteiger partial charge is 0.261 e. The standard InChI is InChI=1S/C30H36N2O3/c1-22(2)26-15-17-27(18-16-26)35-21-29(33)32(20-25-13-9-6-10-14-25)28(30(34)31-23(3)4)19-24-11-7-5-8-12-24/h5-18,22-23,28H,19-21H2,1-4H3,(H,31,34)/t28-/m1/s1. The molecule has 1 atom stereocenters. The molecule has 0 unspecified atom stereocenters. The Hall–Kier alpha value is -3.60.